The van der Waals surface area contributed by atoms with E-state index in [9.17, 15) is 0 Å². The van der Waals surface area contributed by atoms with Gasteiger partial charge in [0.1, 0.15) is 0 Å². The highest BCUT2D eigenvalue weighted by atomic mass is 79.9. The second-order valence-electron chi connectivity index (χ2n) is 2.43. The molecule has 10 heavy (non-hydrogen) atoms. The summed E-state index contributed by atoms with van der Waals surface area (Å²) in [6.45, 7) is 2.16. The van der Waals surface area contributed by atoms with Gasteiger partial charge in [0.05, 0.1) is 8.99 Å². The molecule has 0 radical (unpaired) electrons. The topological polar surface area (TPSA) is 9.23 Å². The molecule has 0 spiro atoms. The summed E-state index contributed by atoms with van der Waals surface area (Å²) in [4.78, 5) is 0. The van der Waals surface area contributed by atoms with Crippen LogP contribution in [0.2, 0.25) is 6.55 Å². The first-order valence-electron chi connectivity index (χ1n) is 3.36. The predicted molar refractivity (Wildman–Crippen MR) is 53.4 cm³/mol. The Morgan fingerprint density at radius 3 is 2.50 bits per heavy atom. The highest BCUT2D eigenvalue weighted by molar-refractivity contribution is 9.28. The van der Waals surface area contributed by atoms with Crippen LogP contribution in [0.25, 0.3) is 0 Å². The Morgan fingerprint density at radius 2 is 2.20 bits per heavy atom. The van der Waals surface area contributed by atoms with E-state index in [2.05, 4.69) is 44.5 Å². The molecule has 0 unspecified atom stereocenters. The molecule has 0 aliphatic heterocycles. The molecule has 1 saturated carbocycles. The first-order chi connectivity index (χ1) is 4.68. The molecular weight excluding hydrogens is 276 g/mol. The predicted octanol–water partition coefficient (Wildman–Crippen LogP) is 2.30. The highest BCUT2D eigenvalue weighted by Gasteiger charge is 2.40. The molecule has 4 heteroatoms. The summed E-state index contributed by atoms with van der Waals surface area (Å²) >= 11 is 6.67. The van der Waals surface area contributed by atoms with Crippen LogP contribution in [-0.4, -0.2) is 15.4 Å². The van der Waals surface area contributed by atoms with Crippen LogP contribution in [0.15, 0.2) is 9.47 Å². The molecule has 1 fully saturated rings. The number of hydrogen-bond donors (Lipinski definition) is 0. The van der Waals surface area contributed by atoms with Crippen molar-refractivity contribution >= 4 is 41.6 Å². The summed E-state index contributed by atoms with van der Waals surface area (Å²) in [5, 5.41) is 0. The Hall–Kier alpha value is 0.877. The van der Waals surface area contributed by atoms with Crippen LogP contribution in [0.5, 0.6) is 0 Å². The van der Waals surface area contributed by atoms with Gasteiger partial charge in [-0.15, -0.1) is 0 Å². The van der Waals surface area contributed by atoms with Crippen LogP contribution < -0.4 is 0 Å². The maximum Gasteiger partial charge on any atom is 0.159 e. The van der Waals surface area contributed by atoms with Gasteiger partial charge in [-0.3, -0.25) is 0 Å². The summed E-state index contributed by atoms with van der Waals surface area (Å²) in [5.41, 5.74) is 0.128. The van der Waals surface area contributed by atoms with Crippen molar-refractivity contribution in [1.82, 2.24) is 0 Å². The van der Waals surface area contributed by atoms with Gasteiger partial charge < -0.3 is 4.43 Å². The van der Waals surface area contributed by atoms with Gasteiger partial charge in [0, 0.05) is 0 Å². The lowest BCUT2D eigenvalue weighted by molar-refractivity contribution is 0.245. The lowest BCUT2D eigenvalue weighted by Crippen LogP contribution is -2.11. The summed E-state index contributed by atoms with van der Waals surface area (Å²) in [6.07, 6.45) is 4.49. The van der Waals surface area contributed by atoms with Crippen molar-refractivity contribution in [3.05, 3.63) is 9.47 Å². The van der Waals surface area contributed by atoms with Crippen molar-refractivity contribution in [2.24, 2.45) is 0 Å². The second kappa shape index (κ2) is 3.52. The molecule has 1 aliphatic carbocycles. The molecule has 0 aromatic carbocycles. The molecule has 1 aliphatic rings. The average Bonchev–Trinajstić information content (AvgIpc) is 2.47. The SMILES string of the molecule is C[SiH2]OC1(C=C(Br)Br)CC1. The Kier molecular flexibility index (Phi) is 3.15. The van der Waals surface area contributed by atoms with Crippen LogP contribution >= 0.6 is 31.9 Å². The monoisotopic (exact) mass is 284 g/mol. The fourth-order valence-corrected chi connectivity index (χ4v) is 2.72. The normalized spacial score (nSPS) is 21.5. The van der Waals surface area contributed by atoms with E-state index >= 15 is 0 Å². The van der Waals surface area contributed by atoms with Crippen molar-refractivity contribution < 1.29 is 4.43 Å². The minimum Gasteiger partial charge on any atom is -0.415 e. The molecule has 0 aromatic rings. The van der Waals surface area contributed by atoms with Crippen molar-refractivity contribution in [2.45, 2.75) is 25.0 Å². The third-order valence-corrected chi connectivity index (χ3v) is 2.87. The van der Waals surface area contributed by atoms with Gasteiger partial charge in [0.25, 0.3) is 0 Å². The average molecular weight is 286 g/mol. The standard InChI is InChI=1S/C6H10Br2OSi/c1-10-9-6(2-3-6)4-5(7)8/h4H,2-3,10H2,1H3. The van der Waals surface area contributed by atoms with Gasteiger partial charge in [-0.25, -0.2) is 0 Å². The first kappa shape index (κ1) is 8.97. The number of halogens is 2. The third-order valence-electron chi connectivity index (χ3n) is 1.55. The highest BCUT2D eigenvalue weighted by Crippen LogP contribution is 2.42. The molecule has 1 nitrogen and oxygen atoms in total. The second-order valence-corrected chi connectivity index (χ2v) is 6.07. The van der Waals surface area contributed by atoms with Gasteiger partial charge in [0.15, 0.2) is 9.76 Å². The summed E-state index contributed by atoms with van der Waals surface area (Å²) in [7, 11) is -0.257. The number of hydrogen-bond acceptors (Lipinski definition) is 1. The number of rotatable bonds is 3. The van der Waals surface area contributed by atoms with Crippen LogP contribution in [-0.2, 0) is 4.43 Å². The first-order valence-corrected chi connectivity index (χ1v) is 6.94. The van der Waals surface area contributed by atoms with Crippen molar-refractivity contribution in [1.29, 1.82) is 0 Å². The molecule has 0 atom stereocenters. The van der Waals surface area contributed by atoms with Gasteiger partial charge in [0.2, 0.25) is 0 Å². The molecule has 58 valence electrons. The maximum atomic E-state index is 5.65. The largest absolute Gasteiger partial charge is 0.415 e. The van der Waals surface area contributed by atoms with Crippen molar-refractivity contribution in [3.8, 4) is 0 Å². The Bertz CT molecular complexity index is 150. The third kappa shape index (κ3) is 2.49. The smallest absolute Gasteiger partial charge is 0.159 e. The van der Waals surface area contributed by atoms with Gasteiger partial charge in [-0.2, -0.15) is 0 Å². The Balaban J connectivity index is 2.45. The minimum absolute atomic E-state index is 0.128. The van der Waals surface area contributed by atoms with E-state index in [0.717, 1.165) is 3.39 Å². The van der Waals surface area contributed by atoms with E-state index in [1.165, 1.54) is 12.8 Å². The quantitative estimate of drug-likeness (QED) is 0.723. The molecular formula is C6H10Br2OSi. The Morgan fingerprint density at radius 1 is 1.60 bits per heavy atom. The lowest BCUT2D eigenvalue weighted by Gasteiger charge is -2.09. The van der Waals surface area contributed by atoms with E-state index in [4.69, 9.17) is 4.43 Å². The van der Waals surface area contributed by atoms with E-state index in [1.54, 1.807) is 0 Å². The molecule has 0 aromatic heterocycles. The van der Waals surface area contributed by atoms with E-state index < -0.39 is 0 Å². The maximum absolute atomic E-state index is 5.65. The zero-order valence-corrected chi connectivity index (χ0v) is 10.4. The van der Waals surface area contributed by atoms with Crippen LogP contribution in [0.3, 0.4) is 0 Å². The van der Waals surface area contributed by atoms with E-state index in [1.807, 2.05) is 0 Å². The van der Waals surface area contributed by atoms with Crippen LogP contribution in [0.4, 0.5) is 0 Å². The summed E-state index contributed by atoms with van der Waals surface area (Å²) in [5.74, 6) is 0. The molecule has 0 bridgehead atoms. The molecule has 0 amide bonds. The molecule has 1 rings (SSSR count). The summed E-state index contributed by atoms with van der Waals surface area (Å²) < 4.78 is 6.67. The molecule has 0 N–H and O–H groups in total. The van der Waals surface area contributed by atoms with Gasteiger partial charge >= 0.3 is 0 Å². The van der Waals surface area contributed by atoms with Gasteiger partial charge in [-0.1, -0.05) is 6.55 Å². The lowest BCUT2D eigenvalue weighted by atomic mass is 10.3. The summed E-state index contributed by atoms with van der Waals surface area (Å²) in [6, 6.07) is 0. The van der Waals surface area contributed by atoms with Crippen LogP contribution in [0.1, 0.15) is 12.8 Å². The fourth-order valence-electron chi connectivity index (χ4n) is 0.940. The zero-order valence-electron chi connectivity index (χ0n) is 5.86. The Labute approximate surface area is 80.4 Å². The van der Waals surface area contributed by atoms with Gasteiger partial charge in [-0.05, 0) is 50.8 Å². The van der Waals surface area contributed by atoms with E-state index in [0.29, 0.717) is 0 Å². The zero-order chi connectivity index (χ0) is 7.61. The van der Waals surface area contributed by atoms with E-state index in [-0.39, 0.29) is 15.4 Å². The fraction of sp³-hybridized carbons (Fsp3) is 0.667. The molecule has 0 heterocycles. The van der Waals surface area contributed by atoms with Crippen molar-refractivity contribution in [2.75, 3.05) is 0 Å². The minimum atomic E-state index is -0.257. The molecule has 0 saturated heterocycles. The van der Waals surface area contributed by atoms with Crippen LogP contribution in [0, 0.1) is 0 Å². The van der Waals surface area contributed by atoms with Crippen molar-refractivity contribution in [3.63, 3.8) is 0 Å².